The fourth-order valence-electron chi connectivity index (χ4n) is 4.53. The molecule has 9 nitrogen and oxygen atoms in total. The molecule has 0 unspecified atom stereocenters. The van der Waals surface area contributed by atoms with E-state index in [1.807, 2.05) is 14.0 Å². The second kappa shape index (κ2) is 9.34. The molecule has 1 N–H and O–H groups in total. The van der Waals surface area contributed by atoms with Crippen LogP contribution in [0.4, 0.5) is 18.7 Å². The van der Waals surface area contributed by atoms with E-state index in [0.29, 0.717) is 38.2 Å². The number of rotatable bonds is 4. The normalized spacial score (nSPS) is 18.1. The Morgan fingerprint density at radius 2 is 1.89 bits per heavy atom. The van der Waals surface area contributed by atoms with Gasteiger partial charge in [0, 0.05) is 51.9 Å². The molecule has 0 spiro atoms. The van der Waals surface area contributed by atoms with Crippen molar-refractivity contribution in [2.24, 2.45) is 12.1 Å². The number of benzene rings is 1. The molecule has 1 fully saturated rings. The van der Waals surface area contributed by atoms with Gasteiger partial charge in [-0.25, -0.2) is 23.6 Å². The van der Waals surface area contributed by atoms with Gasteiger partial charge in [-0.3, -0.25) is 4.68 Å². The molecule has 1 aromatic carbocycles. The molecule has 35 heavy (non-hydrogen) atoms. The number of carbonyl (C=O) groups excluding carboxylic acids is 1. The summed E-state index contributed by atoms with van der Waals surface area (Å²) < 4.78 is 29.2. The van der Waals surface area contributed by atoms with Crippen LogP contribution in [-0.2, 0) is 13.7 Å². The van der Waals surface area contributed by atoms with Crippen LogP contribution in [0.1, 0.15) is 28.5 Å². The molecule has 12 heteroatoms. The van der Waals surface area contributed by atoms with E-state index in [4.69, 9.17) is 4.98 Å². The van der Waals surface area contributed by atoms with Gasteiger partial charge < -0.3 is 14.9 Å². The highest BCUT2D eigenvalue weighted by Gasteiger charge is 2.34. The maximum atomic E-state index is 13.7. The monoisotopic (exact) mass is 501 g/mol. The van der Waals surface area contributed by atoms with Crippen LogP contribution >= 0.6 is 11.3 Å². The minimum absolute atomic E-state index is 0.120. The van der Waals surface area contributed by atoms with Gasteiger partial charge in [0.1, 0.15) is 17.3 Å². The fourth-order valence-corrected chi connectivity index (χ4v) is 5.50. The third-order valence-electron chi connectivity index (χ3n) is 6.29. The van der Waals surface area contributed by atoms with Crippen LogP contribution in [0.3, 0.4) is 0 Å². The van der Waals surface area contributed by atoms with Crippen molar-refractivity contribution in [3.63, 3.8) is 0 Å². The lowest BCUT2D eigenvalue weighted by Crippen LogP contribution is -2.52. The molecular weight excluding hydrogens is 476 g/mol. The highest BCUT2D eigenvalue weighted by molar-refractivity contribution is 7.16. The largest absolute Gasteiger partial charge is 0.391 e. The number of amides is 2. The molecule has 0 radical (unpaired) electrons. The number of nitrogens with zero attached hydrogens (tertiary/aromatic N) is 7. The zero-order chi connectivity index (χ0) is 24.7. The summed E-state index contributed by atoms with van der Waals surface area (Å²) >= 11 is 1.43. The van der Waals surface area contributed by atoms with Gasteiger partial charge in [0.25, 0.3) is 0 Å². The van der Waals surface area contributed by atoms with Gasteiger partial charge >= 0.3 is 6.03 Å². The molecular formula is C23H25F2N7O2S. The number of piperazine rings is 1. The SMILES string of the molecule is Cc1cnn(C)c1-c1nc(N2CCN(C(=O)N3N=CC[C@H]3c3cc(F)cc(F)c3)CC2)sc1CO. The Morgan fingerprint density at radius 3 is 2.51 bits per heavy atom. The van der Waals surface area contributed by atoms with Crippen LogP contribution in [0.25, 0.3) is 11.4 Å². The first-order chi connectivity index (χ1) is 16.9. The van der Waals surface area contributed by atoms with Crippen molar-refractivity contribution >= 4 is 28.7 Å². The van der Waals surface area contributed by atoms with Crippen molar-refractivity contribution < 1.29 is 18.7 Å². The van der Waals surface area contributed by atoms with Gasteiger partial charge in [-0.1, -0.05) is 11.3 Å². The van der Waals surface area contributed by atoms with Crippen LogP contribution < -0.4 is 4.90 Å². The first-order valence-corrected chi connectivity index (χ1v) is 12.1. The Balaban J connectivity index is 1.28. The molecule has 1 atom stereocenters. The molecule has 1 saturated heterocycles. The van der Waals surface area contributed by atoms with Gasteiger partial charge in [0.2, 0.25) is 0 Å². The van der Waals surface area contributed by atoms with Crippen molar-refractivity contribution in [1.82, 2.24) is 24.7 Å². The van der Waals surface area contributed by atoms with E-state index in [0.717, 1.165) is 33.0 Å². The van der Waals surface area contributed by atoms with Gasteiger partial charge in [-0.2, -0.15) is 10.2 Å². The second-order valence-electron chi connectivity index (χ2n) is 8.58. The van der Waals surface area contributed by atoms with Crippen molar-refractivity contribution in [2.45, 2.75) is 26.0 Å². The Bertz CT molecular complexity index is 1240. The number of thiazole rings is 1. The molecule has 0 bridgehead atoms. The summed E-state index contributed by atoms with van der Waals surface area (Å²) in [5.74, 6) is -1.36. The zero-order valence-corrected chi connectivity index (χ0v) is 20.2. The average Bonchev–Trinajstić information content (AvgIpc) is 3.56. The second-order valence-corrected chi connectivity index (χ2v) is 9.64. The van der Waals surface area contributed by atoms with Crippen molar-refractivity contribution in [2.75, 3.05) is 31.1 Å². The Labute approximate surface area is 204 Å². The quantitative estimate of drug-likeness (QED) is 0.593. The van der Waals surface area contributed by atoms with Gasteiger partial charge in [0.15, 0.2) is 5.13 Å². The number of hydrogen-bond acceptors (Lipinski definition) is 7. The topological polar surface area (TPSA) is 90.1 Å². The van der Waals surface area contributed by atoms with Gasteiger partial charge in [-0.15, -0.1) is 0 Å². The van der Waals surface area contributed by atoms with Crippen LogP contribution in [0.15, 0.2) is 29.5 Å². The minimum atomic E-state index is -0.681. The minimum Gasteiger partial charge on any atom is -0.391 e. The van der Waals surface area contributed by atoms with E-state index in [1.54, 1.807) is 22.0 Å². The molecule has 4 heterocycles. The van der Waals surface area contributed by atoms with Crippen LogP contribution in [0.2, 0.25) is 0 Å². The number of aromatic nitrogens is 3. The highest BCUT2D eigenvalue weighted by Crippen LogP contribution is 2.35. The van der Waals surface area contributed by atoms with E-state index in [9.17, 15) is 18.7 Å². The summed E-state index contributed by atoms with van der Waals surface area (Å²) in [6, 6.07) is 2.45. The number of hydrogen-bond donors (Lipinski definition) is 1. The van der Waals surface area contributed by atoms with E-state index < -0.39 is 17.7 Å². The Morgan fingerprint density at radius 1 is 1.17 bits per heavy atom. The molecule has 2 amide bonds. The lowest BCUT2D eigenvalue weighted by Gasteiger charge is -2.37. The number of aryl methyl sites for hydroxylation is 2. The van der Waals surface area contributed by atoms with Gasteiger partial charge in [-0.05, 0) is 30.2 Å². The van der Waals surface area contributed by atoms with E-state index in [1.165, 1.54) is 28.5 Å². The molecule has 0 saturated carbocycles. The maximum Gasteiger partial charge on any atom is 0.341 e. The molecule has 2 aromatic heterocycles. The van der Waals surface area contributed by atoms with Crippen molar-refractivity contribution in [3.8, 4) is 11.4 Å². The predicted octanol–water partition coefficient (Wildman–Crippen LogP) is 3.30. The fraction of sp³-hybridized carbons (Fsp3) is 0.391. The summed E-state index contributed by atoms with van der Waals surface area (Å²) in [7, 11) is 1.85. The number of aliphatic hydroxyl groups is 1. The lowest BCUT2D eigenvalue weighted by atomic mass is 10.0. The maximum absolute atomic E-state index is 13.7. The van der Waals surface area contributed by atoms with E-state index in [2.05, 4.69) is 15.1 Å². The number of halogens is 2. The lowest BCUT2D eigenvalue weighted by molar-refractivity contribution is 0.139. The van der Waals surface area contributed by atoms with Crippen LogP contribution in [0.5, 0.6) is 0 Å². The summed E-state index contributed by atoms with van der Waals surface area (Å²) in [5.41, 5.74) is 2.95. The molecule has 3 aromatic rings. The average molecular weight is 502 g/mol. The predicted molar refractivity (Wildman–Crippen MR) is 128 cm³/mol. The molecule has 5 rings (SSSR count). The summed E-state index contributed by atoms with van der Waals surface area (Å²) in [6.07, 6.45) is 3.76. The van der Waals surface area contributed by atoms with Gasteiger partial charge in [0.05, 0.1) is 29.4 Å². The standard InChI is InChI=1S/C23H25F2N7O2S/c1-14-12-27-29(2)21(14)20-19(13-33)35-22(28-20)30-5-7-31(8-6-30)23(34)32-18(3-4-26-32)15-9-16(24)11-17(25)10-15/h4,9-12,18,33H,3,5-8,13H2,1-2H3/t18-/m0/s1. The van der Waals surface area contributed by atoms with Crippen LogP contribution in [0, 0.1) is 18.6 Å². The van der Waals surface area contributed by atoms with E-state index in [-0.39, 0.29) is 12.6 Å². The third-order valence-corrected chi connectivity index (χ3v) is 7.39. The molecule has 0 aliphatic carbocycles. The first-order valence-electron chi connectivity index (χ1n) is 11.3. The zero-order valence-electron chi connectivity index (χ0n) is 19.4. The number of anilines is 1. The van der Waals surface area contributed by atoms with Crippen molar-refractivity contribution in [3.05, 3.63) is 52.0 Å². The van der Waals surface area contributed by atoms with E-state index >= 15 is 0 Å². The first kappa shape index (κ1) is 23.4. The number of urea groups is 1. The molecule has 184 valence electrons. The number of carbonyl (C=O) groups is 1. The third kappa shape index (κ3) is 4.39. The van der Waals surface area contributed by atoms with Crippen LogP contribution in [-0.4, -0.2) is 68.2 Å². The smallest absolute Gasteiger partial charge is 0.341 e. The number of aliphatic hydroxyl groups excluding tert-OH is 1. The summed E-state index contributed by atoms with van der Waals surface area (Å²) in [5, 5.41) is 20.5. The highest BCUT2D eigenvalue weighted by atomic mass is 32.1. The molecule has 2 aliphatic heterocycles. The summed E-state index contributed by atoms with van der Waals surface area (Å²) in [6.45, 7) is 3.85. The Kier molecular flexibility index (Phi) is 6.24. The summed E-state index contributed by atoms with van der Waals surface area (Å²) in [4.78, 5) is 22.6. The number of hydrazone groups is 1. The Hall–Kier alpha value is -3.38. The molecule has 2 aliphatic rings. The van der Waals surface area contributed by atoms with Crippen molar-refractivity contribution in [1.29, 1.82) is 0 Å².